The Balaban J connectivity index is 1.54. The Kier molecular flexibility index (Phi) is 6.13. The standard InChI is InChI=1S/C17H21ClN4O4S/c1-27(24,25)22-10-2-9-21(11-12-22)16(23)8-7-15-19-17(20-26-15)13-3-5-14(18)6-4-13/h3-6H,2,7-12H2,1H3. The highest BCUT2D eigenvalue weighted by atomic mass is 35.5. The molecule has 146 valence electrons. The van der Waals surface area contributed by atoms with Gasteiger partial charge in [-0.25, -0.2) is 12.7 Å². The smallest absolute Gasteiger partial charge is 0.227 e. The van der Waals surface area contributed by atoms with Gasteiger partial charge in [-0.3, -0.25) is 4.79 Å². The first-order chi connectivity index (χ1) is 12.8. The fourth-order valence-electron chi connectivity index (χ4n) is 2.92. The third-order valence-electron chi connectivity index (χ3n) is 4.40. The Bertz CT molecular complexity index is 898. The van der Waals surface area contributed by atoms with E-state index in [4.69, 9.17) is 16.1 Å². The number of hydrogen-bond acceptors (Lipinski definition) is 6. The number of benzene rings is 1. The number of rotatable bonds is 5. The molecule has 3 rings (SSSR count). The predicted molar refractivity (Wildman–Crippen MR) is 101 cm³/mol. The summed E-state index contributed by atoms with van der Waals surface area (Å²) in [6.45, 7) is 1.71. The van der Waals surface area contributed by atoms with Crippen molar-refractivity contribution in [1.29, 1.82) is 0 Å². The molecule has 10 heteroatoms. The van der Waals surface area contributed by atoms with E-state index in [1.54, 1.807) is 29.2 Å². The van der Waals surface area contributed by atoms with Crippen molar-refractivity contribution in [1.82, 2.24) is 19.3 Å². The lowest BCUT2D eigenvalue weighted by atomic mass is 10.2. The summed E-state index contributed by atoms with van der Waals surface area (Å²) in [5.41, 5.74) is 0.786. The zero-order chi connectivity index (χ0) is 19.4. The van der Waals surface area contributed by atoms with Crippen molar-refractivity contribution >= 4 is 27.5 Å². The Morgan fingerprint density at radius 1 is 1.19 bits per heavy atom. The average Bonchev–Trinajstić information content (AvgIpc) is 2.94. The van der Waals surface area contributed by atoms with Crippen LogP contribution in [0.1, 0.15) is 18.7 Å². The number of carbonyl (C=O) groups excluding carboxylic acids is 1. The molecule has 0 radical (unpaired) electrons. The minimum atomic E-state index is -3.23. The first-order valence-electron chi connectivity index (χ1n) is 8.64. The number of aryl methyl sites for hydroxylation is 1. The van der Waals surface area contributed by atoms with E-state index in [1.807, 2.05) is 0 Å². The quantitative estimate of drug-likeness (QED) is 0.743. The average molecular weight is 413 g/mol. The van der Waals surface area contributed by atoms with Gasteiger partial charge in [-0.15, -0.1) is 0 Å². The summed E-state index contributed by atoms with van der Waals surface area (Å²) in [6, 6.07) is 7.09. The van der Waals surface area contributed by atoms with Crippen molar-refractivity contribution in [3.8, 4) is 11.4 Å². The van der Waals surface area contributed by atoms with Gasteiger partial charge < -0.3 is 9.42 Å². The molecular formula is C17H21ClN4O4S. The number of nitrogens with zero attached hydrogens (tertiary/aromatic N) is 4. The molecule has 0 bridgehead atoms. The van der Waals surface area contributed by atoms with Gasteiger partial charge in [0.25, 0.3) is 0 Å². The summed E-state index contributed by atoms with van der Waals surface area (Å²) in [7, 11) is -3.23. The van der Waals surface area contributed by atoms with Crippen LogP contribution in [0.25, 0.3) is 11.4 Å². The fraction of sp³-hybridized carbons (Fsp3) is 0.471. The van der Waals surface area contributed by atoms with Gasteiger partial charge in [0.1, 0.15) is 0 Å². The number of carbonyl (C=O) groups is 1. The zero-order valence-corrected chi connectivity index (χ0v) is 16.5. The predicted octanol–water partition coefficient (Wildman–Crippen LogP) is 1.82. The summed E-state index contributed by atoms with van der Waals surface area (Å²) >= 11 is 5.87. The van der Waals surface area contributed by atoms with Gasteiger partial charge in [-0.1, -0.05) is 16.8 Å². The van der Waals surface area contributed by atoms with Gasteiger partial charge in [-0.05, 0) is 30.7 Å². The second-order valence-electron chi connectivity index (χ2n) is 6.41. The van der Waals surface area contributed by atoms with Crippen molar-refractivity contribution in [2.45, 2.75) is 19.3 Å². The lowest BCUT2D eigenvalue weighted by molar-refractivity contribution is -0.131. The maximum atomic E-state index is 12.4. The molecule has 0 N–H and O–H groups in total. The van der Waals surface area contributed by atoms with E-state index in [9.17, 15) is 13.2 Å². The molecule has 1 saturated heterocycles. The molecule has 2 heterocycles. The summed E-state index contributed by atoms with van der Waals surface area (Å²) in [5.74, 6) is 0.796. The van der Waals surface area contributed by atoms with E-state index in [1.165, 1.54) is 10.6 Å². The first-order valence-corrected chi connectivity index (χ1v) is 10.9. The Labute approximate surface area is 163 Å². The topological polar surface area (TPSA) is 96.6 Å². The van der Waals surface area contributed by atoms with Crippen LogP contribution < -0.4 is 0 Å². The minimum Gasteiger partial charge on any atom is -0.341 e. The Hall–Kier alpha value is -1.97. The molecule has 1 aliphatic rings. The van der Waals surface area contributed by atoms with Gasteiger partial charge in [-0.2, -0.15) is 4.98 Å². The van der Waals surface area contributed by atoms with Crippen LogP contribution in [0.2, 0.25) is 5.02 Å². The molecule has 8 nitrogen and oxygen atoms in total. The lowest BCUT2D eigenvalue weighted by Gasteiger charge is -2.20. The molecule has 1 aromatic carbocycles. The van der Waals surface area contributed by atoms with Gasteiger partial charge in [0.05, 0.1) is 6.26 Å². The third-order valence-corrected chi connectivity index (χ3v) is 5.95. The highest BCUT2D eigenvalue weighted by Gasteiger charge is 2.24. The minimum absolute atomic E-state index is 0.0448. The molecule has 1 aliphatic heterocycles. The van der Waals surface area contributed by atoms with Crippen LogP contribution in [-0.4, -0.2) is 66.1 Å². The molecule has 0 aliphatic carbocycles. The molecule has 0 saturated carbocycles. The van der Waals surface area contributed by atoms with E-state index in [-0.39, 0.29) is 12.3 Å². The number of aromatic nitrogens is 2. The molecule has 0 atom stereocenters. The number of halogens is 1. The lowest BCUT2D eigenvalue weighted by Crippen LogP contribution is -2.37. The largest absolute Gasteiger partial charge is 0.341 e. The van der Waals surface area contributed by atoms with Crippen LogP contribution in [0.5, 0.6) is 0 Å². The van der Waals surface area contributed by atoms with Crippen LogP contribution in [-0.2, 0) is 21.2 Å². The SMILES string of the molecule is CS(=O)(=O)N1CCCN(C(=O)CCc2nc(-c3ccc(Cl)cc3)no2)CC1. The summed E-state index contributed by atoms with van der Waals surface area (Å²) < 4.78 is 29.9. The Morgan fingerprint density at radius 3 is 2.63 bits per heavy atom. The molecule has 0 spiro atoms. The highest BCUT2D eigenvalue weighted by molar-refractivity contribution is 7.88. The van der Waals surface area contributed by atoms with E-state index >= 15 is 0 Å². The number of sulfonamides is 1. The second-order valence-corrected chi connectivity index (χ2v) is 8.83. The van der Waals surface area contributed by atoms with Crippen molar-refractivity contribution < 1.29 is 17.7 Å². The molecular weight excluding hydrogens is 392 g/mol. The van der Waals surface area contributed by atoms with Crippen LogP contribution in [0.15, 0.2) is 28.8 Å². The fourth-order valence-corrected chi connectivity index (χ4v) is 3.92. The molecule has 2 aromatic rings. The van der Waals surface area contributed by atoms with Crippen LogP contribution in [0.3, 0.4) is 0 Å². The zero-order valence-electron chi connectivity index (χ0n) is 15.0. The van der Waals surface area contributed by atoms with Crippen molar-refractivity contribution in [2.24, 2.45) is 0 Å². The van der Waals surface area contributed by atoms with Crippen molar-refractivity contribution in [3.05, 3.63) is 35.2 Å². The van der Waals surface area contributed by atoms with E-state index < -0.39 is 10.0 Å². The van der Waals surface area contributed by atoms with Crippen LogP contribution in [0, 0.1) is 0 Å². The highest BCUT2D eigenvalue weighted by Crippen LogP contribution is 2.19. The van der Waals surface area contributed by atoms with Gasteiger partial charge >= 0.3 is 0 Å². The molecule has 1 amide bonds. The first kappa shape index (κ1) is 19.8. The maximum Gasteiger partial charge on any atom is 0.227 e. The van der Waals surface area contributed by atoms with E-state index in [0.717, 1.165) is 5.56 Å². The summed E-state index contributed by atoms with van der Waals surface area (Å²) in [4.78, 5) is 18.5. The van der Waals surface area contributed by atoms with Crippen molar-refractivity contribution in [3.63, 3.8) is 0 Å². The van der Waals surface area contributed by atoms with Gasteiger partial charge in [0.2, 0.25) is 27.6 Å². The molecule has 0 unspecified atom stereocenters. The summed E-state index contributed by atoms with van der Waals surface area (Å²) in [6.07, 6.45) is 2.39. The van der Waals surface area contributed by atoms with E-state index in [0.29, 0.717) is 55.8 Å². The van der Waals surface area contributed by atoms with Crippen molar-refractivity contribution in [2.75, 3.05) is 32.4 Å². The molecule has 1 aromatic heterocycles. The number of hydrogen-bond donors (Lipinski definition) is 0. The van der Waals surface area contributed by atoms with Crippen LogP contribution in [0.4, 0.5) is 0 Å². The second kappa shape index (κ2) is 8.37. The van der Waals surface area contributed by atoms with Crippen LogP contribution >= 0.6 is 11.6 Å². The normalized spacial score (nSPS) is 16.3. The van der Waals surface area contributed by atoms with Gasteiger partial charge in [0.15, 0.2) is 0 Å². The van der Waals surface area contributed by atoms with Gasteiger partial charge in [0, 0.05) is 49.6 Å². The third kappa shape index (κ3) is 5.27. The molecule has 27 heavy (non-hydrogen) atoms. The van der Waals surface area contributed by atoms with E-state index in [2.05, 4.69) is 10.1 Å². The number of amides is 1. The maximum absolute atomic E-state index is 12.4. The molecule has 1 fully saturated rings. The monoisotopic (exact) mass is 412 g/mol. The summed E-state index contributed by atoms with van der Waals surface area (Å²) in [5, 5.41) is 4.56. The Morgan fingerprint density at radius 2 is 1.93 bits per heavy atom.